The van der Waals surface area contributed by atoms with Gasteiger partial charge < -0.3 is 14.8 Å². The van der Waals surface area contributed by atoms with Crippen LogP contribution < -0.4 is 19.5 Å². The van der Waals surface area contributed by atoms with Crippen molar-refractivity contribution in [1.82, 2.24) is 4.98 Å². The second-order valence-electron chi connectivity index (χ2n) is 5.80. The first-order chi connectivity index (χ1) is 13.6. The summed E-state index contributed by atoms with van der Waals surface area (Å²) in [7, 11) is -2.03. The van der Waals surface area contributed by atoms with Crippen molar-refractivity contribution >= 4 is 21.5 Å². The minimum absolute atomic E-state index is 0.190. The molecule has 7 nitrogen and oxygen atoms in total. The van der Waals surface area contributed by atoms with Gasteiger partial charge in [-0.2, -0.15) is 0 Å². The third-order valence-electron chi connectivity index (χ3n) is 3.82. The number of rotatable bonds is 9. The van der Waals surface area contributed by atoms with Crippen molar-refractivity contribution in [3.8, 4) is 11.5 Å². The highest BCUT2D eigenvalue weighted by Crippen LogP contribution is 2.17. The van der Waals surface area contributed by atoms with Gasteiger partial charge in [0.1, 0.15) is 23.9 Å². The fourth-order valence-corrected chi connectivity index (χ4v) is 3.42. The third-order valence-corrected chi connectivity index (χ3v) is 5.19. The van der Waals surface area contributed by atoms with Gasteiger partial charge in [0.05, 0.1) is 23.9 Å². The Hall–Kier alpha value is -3.26. The van der Waals surface area contributed by atoms with Gasteiger partial charge in [0.2, 0.25) is 0 Å². The van der Waals surface area contributed by atoms with E-state index >= 15 is 0 Å². The van der Waals surface area contributed by atoms with E-state index in [1.165, 1.54) is 12.1 Å². The molecule has 28 heavy (non-hydrogen) atoms. The van der Waals surface area contributed by atoms with E-state index in [1.807, 2.05) is 24.3 Å². The molecule has 0 unspecified atom stereocenters. The van der Waals surface area contributed by atoms with Crippen LogP contribution in [-0.2, 0) is 10.0 Å². The van der Waals surface area contributed by atoms with Gasteiger partial charge >= 0.3 is 0 Å². The van der Waals surface area contributed by atoms with E-state index in [4.69, 9.17) is 9.47 Å². The average molecular weight is 399 g/mol. The SMILES string of the molecule is COc1ccc(OCCNc2ccc(NS(=O)(=O)c3ccccc3)nc2)cc1. The summed E-state index contributed by atoms with van der Waals surface area (Å²) in [5.41, 5.74) is 0.765. The van der Waals surface area contributed by atoms with Crippen LogP contribution in [0.5, 0.6) is 11.5 Å². The minimum atomic E-state index is -3.64. The molecule has 146 valence electrons. The van der Waals surface area contributed by atoms with Crippen LogP contribution in [0.25, 0.3) is 0 Å². The Morgan fingerprint density at radius 3 is 2.29 bits per heavy atom. The van der Waals surface area contributed by atoms with Gasteiger partial charge in [-0.05, 0) is 48.5 Å². The van der Waals surface area contributed by atoms with Crippen LogP contribution in [0, 0.1) is 0 Å². The van der Waals surface area contributed by atoms with Crippen molar-refractivity contribution in [2.75, 3.05) is 30.3 Å². The summed E-state index contributed by atoms with van der Waals surface area (Å²) >= 11 is 0. The lowest BCUT2D eigenvalue weighted by molar-refractivity contribution is 0.332. The van der Waals surface area contributed by atoms with E-state index in [-0.39, 0.29) is 10.7 Å². The van der Waals surface area contributed by atoms with Crippen molar-refractivity contribution in [3.05, 3.63) is 72.9 Å². The molecule has 0 radical (unpaired) electrons. The maximum absolute atomic E-state index is 12.3. The number of nitrogens with zero attached hydrogens (tertiary/aromatic N) is 1. The van der Waals surface area contributed by atoms with Crippen LogP contribution in [0.1, 0.15) is 0 Å². The number of pyridine rings is 1. The largest absolute Gasteiger partial charge is 0.497 e. The molecule has 0 amide bonds. The predicted molar refractivity (Wildman–Crippen MR) is 108 cm³/mol. The number of sulfonamides is 1. The summed E-state index contributed by atoms with van der Waals surface area (Å²) < 4.78 is 37.8. The molecule has 3 rings (SSSR count). The lowest BCUT2D eigenvalue weighted by atomic mass is 10.3. The average Bonchev–Trinajstić information content (AvgIpc) is 2.73. The number of hydrogen-bond donors (Lipinski definition) is 2. The molecule has 2 aromatic carbocycles. The smallest absolute Gasteiger partial charge is 0.263 e. The quantitative estimate of drug-likeness (QED) is 0.536. The van der Waals surface area contributed by atoms with Gasteiger partial charge in [-0.3, -0.25) is 4.72 Å². The van der Waals surface area contributed by atoms with Gasteiger partial charge in [0, 0.05) is 6.54 Å². The molecule has 0 saturated carbocycles. The second-order valence-corrected chi connectivity index (χ2v) is 7.48. The maximum atomic E-state index is 12.3. The highest BCUT2D eigenvalue weighted by Gasteiger charge is 2.13. The molecule has 0 saturated heterocycles. The Morgan fingerprint density at radius 2 is 1.64 bits per heavy atom. The van der Waals surface area contributed by atoms with Crippen LogP contribution in [0.3, 0.4) is 0 Å². The minimum Gasteiger partial charge on any atom is -0.497 e. The number of hydrogen-bond acceptors (Lipinski definition) is 6. The second kappa shape index (κ2) is 9.09. The van der Waals surface area contributed by atoms with Crippen molar-refractivity contribution in [2.45, 2.75) is 4.90 Å². The lowest BCUT2D eigenvalue weighted by Gasteiger charge is -2.10. The van der Waals surface area contributed by atoms with Gasteiger partial charge in [0.25, 0.3) is 10.0 Å². The zero-order valence-corrected chi connectivity index (χ0v) is 16.1. The zero-order valence-electron chi connectivity index (χ0n) is 15.3. The number of ether oxygens (including phenoxy) is 2. The molecule has 0 aliphatic heterocycles. The molecule has 0 aliphatic carbocycles. The van der Waals surface area contributed by atoms with Gasteiger partial charge in [0.15, 0.2) is 0 Å². The summed E-state index contributed by atoms with van der Waals surface area (Å²) in [5.74, 6) is 1.79. The molecule has 3 aromatic rings. The normalized spacial score (nSPS) is 10.9. The Morgan fingerprint density at radius 1 is 0.929 bits per heavy atom. The van der Waals surface area contributed by atoms with Gasteiger partial charge in [-0.15, -0.1) is 0 Å². The van der Waals surface area contributed by atoms with Crippen molar-refractivity contribution in [3.63, 3.8) is 0 Å². The highest BCUT2D eigenvalue weighted by atomic mass is 32.2. The van der Waals surface area contributed by atoms with E-state index in [9.17, 15) is 8.42 Å². The summed E-state index contributed by atoms with van der Waals surface area (Å²) in [5, 5.41) is 3.17. The third kappa shape index (κ3) is 5.37. The maximum Gasteiger partial charge on any atom is 0.263 e. The number of anilines is 2. The molecule has 2 N–H and O–H groups in total. The van der Waals surface area contributed by atoms with Crippen LogP contribution in [0.4, 0.5) is 11.5 Å². The molecule has 0 atom stereocenters. The van der Waals surface area contributed by atoms with Crippen molar-refractivity contribution in [2.24, 2.45) is 0 Å². The lowest BCUT2D eigenvalue weighted by Crippen LogP contribution is -2.14. The Balaban J connectivity index is 1.47. The van der Waals surface area contributed by atoms with Gasteiger partial charge in [-0.1, -0.05) is 18.2 Å². The summed E-state index contributed by atoms with van der Waals surface area (Å²) in [6, 6.07) is 18.9. The molecule has 0 spiro atoms. The summed E-state index contributed by atoms with van der Waals surface area (Å²) in [4.78, 5) is 4.33. The Bertz CT molecular complexity index is 976. The molecule has 0 aliphatic rings. The number of nitrogens with one attached hydrogen (secondary N) is 2. The summed E-state index contributed by atoms with van der Waals surface area (Å²) in [6.07, 6.45) is 1.57. The van der Waals surface area contributed by atoms with Crippen LogP contribution in [0.15, 0.2) is 77.8 Å². The van der Waals surface area contributed by atoms with Crippen LogP contribution >= 0.6 is 0 Å². The number of aromatic nitrogens is 1. The molecule has 8 heteroatoms. The van der Waals surface area contributed by atoms with Crippen LogP contribution in [-0.4, -0.2) is 33.7 Å². The van der Waals surface area contributed by atoms with E-state index < -0.39 is 10.0 Å². The number of benzene rings is 2. The molecule has 1 heterocycles. The van der Waals surface area contributed by atoms with Crippen LogP contribution in [0.2, 0.25) is 0 Å². The molecular formula is C20H21N3O4S. The van der Waals surface area contributed by atoms with E-state index in [0.29, 0.717) is 13.2 Å². The molecule has 1 aromatic heterocycles. The Labute approximate surface area is 164 Å². The van der Waals surface area contributed by atoms with Crippen molar-refractivity contribution in [1.29, 1.82) is 0 Å². The van der Waals surface area contributed by atoms with Crippen molar-refractivity contribution < 1.29 is 17.9 Å². The van der Waals surface area contributed by atoms with E-state index in [2.05, 4.69) is 15.0 Å². The molecule has 0 fully saturated rings. The molecular weight excluding hydrogens is 378 g/mol. The topological polar surface area (TPSA) is 89.5 Å². The highest BCUT2D eigenvalue weighted by molar-refractivity contribution is 7.92. The fraction of sp³-hybridized carbons (Fsp3) is 0.150. The predicted octanol–water partition coefficient (Wildman–Crippen LogP) is 3.38. The van der Waals surface area contributed by atoms with E-state index in [0.717, 1.165) is 17.2 Å². The first kappa shape index (κ1) is 19.5. The molecule has 0 bridgehead atoms. The first-order valence-corrected chi connectivity index (χ1v) is 10.1. The monoisotopic (exact) mass is 399 g/mol. The zero-order chi connectivity index (χ0) is 19.8. The Kier molecular flexibility index (Phi) is 6.33. The fourth-order valence-electron chi connectivity index (χ4n) is 2.39. The first-order valence-electron chi connectivity index (χ1n) is 8.61. The summed E-state index contributed by atoms with van der Waals surface area (Å²) in [6.45, 7) is 1.04. The standard InChI is InChI=1S/C20H21N3O4S/c1-26-17-8-10-18(11-9-17)27-14-13-21-16-7-12-20(22-15-16)23-28(24,25)19-5-3-2-4-6-19/h2-12,15,21H,13-14H2,1H3,(H,22,23). The van der Waals surface area contributed by atoms with Gasteiger partial charge in [-0.25, -0.2) is 13.4 Å². The van der Waals surface area contributed by atoms with E-state index in [1.54, 1.807) is 43.6 Å². The number of methoxy groups -OCH3 is 1.